The van der Waals surface area contributed by atoms with Gasteiger partial charge in [-0.25, -0.2) is 4.79 Å². The molecular formula is C24H26N4O3S. The maximum Gasteiger partial charge on any atom is 0.338 e. The minimum absolute atomic E-state index is 0.152. The Morgan fingerprint density at radius 1 is 1.19 bits per heavy atom. The molecule has 2 atom stereocenters. The number of carbonyl (C=O) groups is 1. The van der Waals surface area contributed by atoms with E-state index in [-0.39, 0.29) is 12.1 Å². The number of hydrogen-bond acceptors (Lipinski definition) is 6. The van der Waals surface area contributed by atoms with Crippen LogP contribution in [0.3, 0.4) is 0 Å². The van der Waals surface area contributed by atoms with Gasteiger partial charge in [-0.2, -0.15) is 0 Å². The first-order valence-corrected chi connectivity index (χ1v) is 10.8. The second-order valence-electron chi connectivity index (χ2n) is 7.86. The molecule has 7 nitrogen and oxygen atoms in total. The second kappa shape index (κ2) is 9.50. The van der Waals surface area contributed by atoms with Crippen LogP contribution in [0.2, 0.25) is 0 Å². The lowest BCUT2D eigenvalue weighted by atomic mass is 10.0. The first-order valence-electron chi connectivity index (χ1n) is 10.4. The zero-order valence-corrected chi connectivity index (χ0v) is 19.1. The van der Waals surface area contributed by atoms with Crippen LogP contribution in [0.4, 0.5) is 0 Å². The molecule has 3 heterocycles. The Labute approximate surface area is 193 Å². The highest BCUT2D eigenvalue weighted by atomic mass is 32.1. The maximum absolute atomic E-state index is 12.2. The Morgan fingerprint density at radius 2 is 1.97 bits per heavy atom. The van der Waals surface area contributed by atoms with Crippen LogP contribution in [-0.2, 0) is 4.74 Å². The summed E-state index contributed by atoms with van der Waals surface area (Å²) >= 11 is 5.68. The molecule has 0 aliphatic carbocycles. The molecule has 1 aliphatic heterocycles. The van der Waals surface area contributed by atoms with Gasteiger partial charge in [-0.3, -0.25) is 4.98 Å². The van der Waals surface area contributed by atoms with E-state index in [1.807, 2.05) is 56.6 Å². The Hall–Kier alpha value is -3.23. The number of esters is 1. The molecule has 1 saturated heterocycles. The molecule has 1 aromatic carbocycles. The van der Waals surface area contributed by atoms with Gasteiger partial charge in [0, 0.05) is 24.8 Å². The van der Waals surface area contributed by atoms with Crippen molar-refractivity contribution in [1.29, 1.82) is 0 Å². The average molecular weight is 451 g/mol. The monoisotopic (exact) mass is 450 g/mol. The van der Waals surface area contributed by atoms with Crippen molar-refractivity contribution >= 4 is 23.3 Å². The van der Waals surface area contributed by atoms with E-state index in [0.29, 0.717) is 22.0 Å². The van der Waals surface area contributed by atoms with Crippen LogP contribution < -0.4 is 5.32 Å². The number of aromatic nitrogens is 1. The molecular weight excluding hydrogens is 424 g/mol. The molecule has 0 saturated carbocycles. The number of ether oxygens (including phenoxy) is 1. The maximum atomic E-state index is 12.2. The number of hydrogen-bond donors (Lipinski definition) is 1. The van der Waals surface area contributed by atoms with Crippen LogP contribution >= 0.6 is 12.2 Å². The molecule has 166 valence electrons. The number of pyridine rings is 1. The zero-order chi connectivity index (χ0) is 22.7. The predicted molar refractivity (Wildman–Crippen MR) is 126 cm³/mol. The van der Waals surface area contributed by atoms with Crippen molar-refractivity contribution in [1.82, 2.24) is 20.1 Å². The summed E-state index contributed by atoms with van der Waals surface area (Å²) in [5, 5.41) is 4.09. The second-order valence-corrected chi connectivity index (χ2v) is 8.25. The molecule has 32 heavy (non-hydrogen) atoms. The van der Waals surface area contributed by atoms with Gasteiger partial charge in [-0.1, -0.05) is 24.3 Å². The summed E-state index contributed by atoms with van der Waals surface area (Å²) in [5.41, 5.74) is 2.04. The van der Waals surface area contributed by atoms with Gasteiger partial charge in [0.05, 0.1) is 24.4 Å². The number of methoxy groups -OCH3 is 1. The standard InChI is InChI=1S/C24H26N4O3S/c1-27(2)14-15-28-22(21(26-24(28)32)18-10-6-7-13-25-18)20-12-11-19(31-20)16-8-4-5-9-17(16)23(29)30-3/h4-13,21-22H,14-15H2,1-3H3,(H,26,32). The van der Waals surface area contributed by atoms with Crippen molar-refractivity contribution in [3.63, 3.8) is 0 Å². The third-order valence-electron chi connectivity index (χ3n) is 5.50. The van der Waals surface area contributed by atoms with E-state index in [0.717, 1.165) is 24.5 Å². The van der Waals surface area contributed by atoms with Crippen LogP contribution in [-0.4, -0.2) is 60.2 Å². The number of nitrogens with one attached hydrogen (secondary N) is 1. The lowest BCUT2D eigenvalue weighted by molar-refractivity contribution is 0.0601. The van der Waals surface area contributed by atoms with Crippen LogP contribution in [0.1, 0.15) is 33.9 Å². The van der Waals surface area contributed by atoms with Crippen LogP contribution in [0.25, 0.3) is 11.3 Å². The molecule has 0 radical (unpaired) electrons. The molecule has 0 bridgehead atoms. The summed E-state index contributed by atoms with van der Waals surface area (Å²) in [7, 11) is 5.44. The van der Waals surface area contributed by atoms with Gasteiger partial charge in [0.2, 0.25) is 0 Å². The fraction of sp³-hybridized carbons (Fsp3) is 0.292. The molecule has 0 spiro atoms. The van der Waals surface area contributed by atoms with Crippen LogP contribution in [0.15, 0.2) is 65.2 Å². The van der Waals surface area contributed by atoms with E-state index in [1.54, 1.807) is 18.3 Å². The van der Waals surface area contributed by atoms with E-state index < -0.39 is 5.97 Å². The fourth-order valence-corrected chi connectivity index (χ4v) is 4.24. The van der Waals surface area contributed by atoms with Gasteiger partial charge < -0.3 is 24.3 Å². The molecule has 4 rings (SSSR count). The van der Waals surface area contributed by atoms with Crippen molar-refractivity contribution in [2.24, 2.45) is 0 Å². The van der Waals surface area contributed by atoms with Gasteiger partial charge >= 0.3 is 5.97 Å². The first kappa shape index (κ1) is 22.0. The first-order chi connectivity index (χ1) is 15.5. The normalized spacial score (nSPS) is 18.1. The Morgan fingerprint density at radius 3 is 2.69 bits per heavy atom. The highest BCUT2D eigenvalue weighted by molar-refractivity contribution is 7.80. The summed E-state index contributed by atoms with van der Waals surface area (Å²) in [6, 6.07) is 16.6. The van der Waals surface area contributed by atoms with Gasteiger partial charge in [-0.15, -0.1) is 0 Å². The summed E-state index contributed by atoms with van der Waals surface area (Å²) in [4.78, 5) is 21.1. The smallest absolute Gasteiger partial charge is 0.338 e. The minimum atomic E-state index is -0.402. The molecule has 2 unspecified atom stereocenters. The van der Waals surface area contributed by atoms with Crippen molar-refractivity contribution < 1.29 is 13.9 Å². The largest absolute Gasteiger partial charge is 0.465 e. The van der Waals surface area contributed by atoms with Gasteiger partial charge in [0.15, 0.2) is 5.11 Å². The Bertz CT molecular complexity index is 1100. The number of thiocarbonyl (C=S) groups is 1. The van der Waals surface area contributed by atoms with Crippen LogP contribution in [0.5, 0.6) is 0 Å². The Kier molecular flexibility index (Phi) is 6.53. The highest BCUT2D eigenvalue weighted by Gasteiger charge is 2.41. The number of carbonyl (C=O) groups excluding carboxylic acids is 1. The number of furan rings is 1. The van der Waals surface area contributed by atoms with E-state index in [2.05, 4.69) is 20.1 Å². The third kappa shape index (κ3) is 4.37. The van der Waals surface area contributed by atoms with Gasteiger partial charge in [0.25, 0.3) is 0 Å². The lowest BCUT2D eigenvalue weighted by Crippen LogP contribution is -2.35. The van der Waals surface area contributed by atoms with E-state index in [1.165, 1.54) is 7.11 Å². The molecule has 0 amide bonds. The van der Waals surface area contributed by atoms with Crippen molar-refractivity contribution in [3.05, 3.63) is 77.8 Å². The molecule has 8 heteroatoms. The quantitative estimate of drug-likeness (QED) is 0.432. The predicted octanol–water partition coefficient (Wildman–Crippen LogP) is 3.66. The SMILES string of the molecule is COC(=O)c1ccccc1-c1ccc(C2C(c3ccccn3)NC(=S)N2CCN(C)C)o1. The highest BCUT2D eigenvalue weighted by Crippen LogP contribution is 2.40. The van der Waals surface area contributed by atoms with E-state index >= 15 is 0 Å². The fourth-order valence-electron chi connectivity index (χ4n) is 3.91. The van der Waals surface area contributed by atoms with Crippen molar-refractivity contribution in [3.8, 4) is 11.3 Å². The molecule has 1 fully saturated rings. The van der Waals surface area contributed by atoms with Crippen molar-refractivity contribution in [2.75, 3.05) is 34.3 Å². The number of nitrogens with zero attached hydrogens (tertiary/aromatic N) is 3. The number of benzene rings is 1. The Balaban J connectivity index is 1.73. The minimum Gasteiger partial charge on any atom is -0.465 e. The third-order valence-corrected chi connectivity index (χ3v) is 5.85. The number of rotatable bonds is 7. The summed E-state index contributed by atoms with van der Waals surface area (Å²) in [6.45, 7) is 1.58. The molecule has 2 aromatic heterocycles. The topological polar surface area (TPSA) is 70.8 Å². The van der Waals surface area contributed by atoms with Crippen molar-refractivity contribution in [2.45, 2.75) is 12.1 Å². The average Bonchev–Trinajstić information content (AvgIpc) is 3.42. The van der Waals surface area contributed by atoms with E-state index in [9.17, 15) is 4.79 Å². The molecule has 3 aromatic rings. The molecule has 1 N–H and O–H groups in total. The van der Waals surface area contributed by atoms with Gasteiger partial charge in [0.1, 0.15) is 17.6 Å². The lowest BCUT2D eigenvalue weighted by Gasteiger charge is -2.27. The van der Waals surface area contributed by atoms with Crippen LogP contribution in [0, 0.1) is 0 Å². The summed E-state index contributed by atoms with van der Waals surface area (Å²) < 4.78 is 11.3. The zero-order valence-electron chi connectivity index (χ0n) is 18.3. The summed E-state index contributed by atoms with van der Waals surface area (Å²) in [6.07, 6.45) is 1.78. The van der Waals surface area contributed by atoms with E-state index in [4.69, 9.17) is 21.4 Å². The molecule has 1 aliphatic rings. The summed E-state index contributed by atoms with van der Waals surface area (Å²) in [5.74, 6) is 0.953. The van der Waals surface area contributed by atoms with Gasteiger partial charge in [-0.05, 0) is 56.6 Å². The number of likely N-dealkylation sites (N-methyl/N-ethyl adjacent to an activating group) is 1.